The molecular weight excluding hydrogens is 382 g/mol. The molecule has 1 fully saturated rings. The Hall–Kier alpha value is -1.96. The van der Waals surface area contributed by atoms with Gasteiger partial charge < -0.3 is 18.9 Å². The largest absolute Gasteiger partial charge is 0.490 e. The van der Waals surface area contributed by atoms with Crippen LogP contribution in [0.25, 0.3) is 11.4 Å². The Kier molecular flexibility index (Phi) is 7.86. The molecule has 30 heavy (non-hydrogen) atoms. The van der Waals surface area contributed by atoms with Gasteiger partial charge in [0.2, 0.25) is 0 Å². The third kappa shape index (κ3) is 6.03. The zero-order valence-corrected chi connectivity index (χ0v) is 18.9. The molecule has 7 heteroatoms. The lowest BCUT2D eigenvalue weighted by molar-refractivity contribution is -0.100. The summed E-state index contributed by atoms with van der Waals surface area (Å²) in [7, 11) is 3.39. The van der Waals surface area contributed by atoms with Gasteiger partial charge in [-0.3, -0.25) is 0 Å². The van der Waals surface area contributed by atoms with E-state index in [1.807, 2.05) is 28.9 Å². The van der Waals surface area contributed by atoms with E-state index in [0.29, 0.717) is 31.6 Å². The van der Waals surface area contributed by atoms with Crippen LogP contribution < -0.4 is 4.74 Å². The number of aromatic nitrogens is 3. The van der Waals surface area contributed by atoms with Crippen LogP contribution >= 0.6 is 0 Å². The molecule has 0 unspecified atom stereocenters. The predicted molar refractivity (Wildman–Crippen MR) is 116 cm³/mol. The molecule has 2 aromatic rings. The highest BCUT2D eigenvalue weighted by atomic mass is 16.5. The van der Waals surface area contributed by atoms with E-state index in [2.05, 4.69) is 20.8 Å². The van der Waals surface area contributed by atoms with Gasteiger partial charge in [0.05, 0.1) is 23.9 Å². The quantitative estimate of drug-likeness (QED) is 0.514. The third-order valence-corrected chi connectivity index (χ3v) is 5.07. The number of rotatable bonds is 11. The van der Waals surface area contributed by atoms with E-state index in [-0.39, 0.29) is 11.7 Å². The number of benzene rings is 1. The zero-order chi connectivity index (χ0) is 21.6. The van der Waals surface area contributed by atoms with Crippen molar-refractivity contribution in [3.05, 3.63) is 30.1 Å². The maximum atomic E-state index is 6.12. The van der Waals surface area contributed by atoms with Gasteiger partial charge in [-0.25, -0.2) is 9.67 Å². The molecule has 1 aromatic carbocycles. The molecule has 0 spiro atoms. The number of para-hydroxylation sites is 1. The molecule has 1 saturated carbocycles. The highest BCUT2D eigenvalue weighted by Crippen LogP contribution is 2.40. The van der Waals surface area contributed by atoms with Crippen LogP contribution in [0.2, 0.25) is 0 Å². The second-order valence-electron chi connectivity index (χ2n) is 8.72. The summed E-state index contributed by atoms with van der Waals surface area (Å²) in [5.74, 6) is 2.87. The van der Waals surface area contributed by atoms with E-state index in [1.54, 1.807) is 14.2 Å². The van der Waals surface area contributed by atoms with E-state index in [1.165, 1.54) is 0 Å². The average molecular weight is 418 g/mol. The molecule has 1 heterocycles. The molecule has 0 amide bonds. The van der Waals surface area contributed by atoms with Crippen molar-refractivity contribution in [3.8, 4) is 17.1 Å². The van der Waals surface area contributed by atoms with Crippen LogP contribution in [0.4, 0.5) is 0 Å². The second kappa shape index (κ2) is 10.4. The fourth-order valence-corrected chi connectivity index (χ4v) is 3.68. The molecule has 1 aliphatic rings. The van der Waals surface area contributed by atoms with Gasteiger partial charge in [0.1, 0.15) is 18.2 Å². The van der Waals surface area contributed by atoms with Gasteiger partial charge in [-0.2, -0.15) is 5.10 Å². The summed E-state index contributed by atoms with van der Waals surface area (Å²) in [6.45, 7) is 8.82. The summed E-state index contributed by atoms with van der Waals surface area (Å²) in [4.78, 5) is 4.95. The van der Waals surface area contributed by atoms with Crippen LogP contribution in [-0.2, 0) is 20.8 Å². The van der Waals surface area contributed by atoms with Crippen molar-refractivity contribution in [2.75, 3.05) is 34.0 Å². The smallest absolute Gasteiger partial charge is 0.185 e. The van der Waals surface area contributed by atoms with E-state index in [0.717, 1.165) is 42.9 Å². The lowest BCUT2D eigenvalue weighted by atomic mass is 9.81. The van der Waals surface area contributed by atoms with Crippen molar-refractivity contribution < 1.29 is 18.9 Å². The number of nitrogens with zero attached hydrogens (tertiary/aromatic N) is 3. The number of methoxy groups -OCH3 is 2. The average Bonchev–Trinajstić information content (AvgIpc) is 3.08. The number of hydrogen-bond donors (Lipinski definition) is 0. The zero-order valence-electron chi connectivity index (χ0n) is 18.9. The Morgan fingerprint density at radius 3 is 2.47 bits per heavy atom. The summed E-state index contributed by atoms with van der Waals surface area (Å²) >= 11 is 0. The standard InChI is InChI=1S/C23H35N3O4/c1-23(2,3)30-18-15-17(16-18)22-24-21(25-26(22)11-8-12-27-4)19-9-6-7-10-20(19)29-14-13-28-5/h6-7,9-10,17-18H,8,11-16H2,1-5H3. The molecule has 0 radical (unpaired) electrons. The number of ether oxygens (including phenoxy) is 4. The maximum Gasteiger partial charge on any atom is 0.185 e. The Morgan fingerprint density at radius 2 is 1.77 bits per heavy atom. The van der Waals surface area contributed by atoms with E-state index < -0.39 is 0 Å². The van der Waals surface area contributed by atoms with Crippen molar-refractivity contribution in [2.45, 2.75) is 64.2 Å². The number of aryl methyl sites for hydroxylation is 1. The number of hydrogen-bond acceptors (Lipinski definition) is 6. The van der Waals surface area contributed by atoms with E-state index in [9.17, 15) is 0 Å². The minimum atomic E-state index is -0.120. The molecule has 0 saturated heterocycles. The van der Waals surface area contributed by atoms with Crippen LogP contribution in [-0.4, -0.2) is 60.5 Å². The van der Waals surface area contributed by atoms with E-state index >= 15 is 0 Å². The normalized spacial score (nSPS) is 19.0. The molecule has 1 aliphatic carbocycles. The monoisotopic (exact) mass is 417 g/mol. The lowest BCUT2D eigenvalue weighted by Gasteiger charge is -2.38. The van der Waals surface area contributed by atoms with Crippen LogP contribution in [0.15, 0.2) is 24.3 Å². The summed E-state index contributed by atoms with van der Waals surface area (Å²) in [6, 6.07) is 7.91. The van der Waals surface area contributed by atoms with Gasteiger partial charge in [0, 0.05) is 33.3 Å². The molecule has 0 aliphatic heterocycles. The van der Waals surface area contributed by atoms with Crippen molar-refractivity contribution in [3.63, 3.8) is 0 Å². The fraction of sp³-hybridized carbons (Fsp3) is 0.652. The highest BCUT2D eigenvalue weighted by Gasteiger charge is 2.37. The summed E-state index contributed by atoms with van der Waals surface area (Å²) < 4.78 is 24.4. The van der Waals surface area contributed by atoms with Gasteiger partial charge in [-0.15, -0.1) is 0 Å². The Bertz CT molecular complexity index is 794. The molecule has 7 nitrogen and oxygen atoms in total. The van der Waals surface area contributed by atoms with Gasteiger partial charge in [-0.1, -0.05) is 12.1 Å². The van der Waals surface area contributed by atoms with Crippen LogP contribution in [0.5, 0.6) is 5.75 Å². The topological polar surface area (TPSA) is 67.6 Å². The van der Waals surface area contributed by atoms with Crippen LogP contribution in [0, 0.1) is 0 Å². The van der Waals surface area contributed by atoms with Gasteiger partial charge in [-0.05, 0) is 52.2 Å². The lowest BCUT2D eigenvalue weighted by Crippen LogP contribution is -2.37. The molecule has 3 rings (SSSR count). The van der Waals surface area contributed by atoms with Gasteiger partial charge in [0.15, 0.2) is 5.82 Å². The predicted octanol–water partition coefficient (Wildman–Crippen LogP) is 4.07. The third-order valence-electron chi connectivity index (χ3n) is 5.07. The van der Waals surface area contributed by atoms with Crippen molar-refractivity contribution in [2.24, 2.45) is 0 Å². The molecule has 0 N–H and O–H groups in total. The Labute approximate surface area is 179 Å². The maximum absolute atomic E-state index is 6.12. The minimum absolute atomic E-state index is 0.120. The van der Waals surface area contributed by atoms with Crippen LogP contribution in [0.1, 0.15) is 51.8 Å². The van der Waals surface area contributed by atoms with Crippen molar-refractivity contribution >= 4 is 0 Å². The van der Waals surface area contributed by atoms with Crippen molar-refractivity contribution in [1.82, 2.24) is 14.8 Å². The minimum Gasteiger partial charge on any atom is -0.490 e. The molecule has 0 atom stereocenters. The van der Waals surface area contributed by atoms with Gasteiger partial charge >= 0.3 is 0 Å². The molecule has 1 aromatic heterocycles. The second-order valence-corrected chi connectivity index (χ2v) is 8.72. The van der Waals surface area contributed by atoms with Gasteiger partial charge in [0.25, 0.3) is 0 Å². The Morgan fingerprint density at radius 1 is 1.03 bits per heavy atom. The Balaban J connectivity index is 1.79. The first-order chi connectivity index (χ1) is 14.4. The SMILES string of the molecule is COCCCn1nc(-c2ccccc2OCCOC)nc1C1CC(OC(C)(C)C)C1. The van der Waals surface area contributed by atoms with E-state index in [4.69, 9.17) is 29.0 Å². The van der Waals surface area contributed by atoms with Crippen molar-refractivity contribution in [1.29, 1.82) is 0 Å². The molecule has 166 valence electrons. The first kappa shape index (κ1) is 22.7. The summed E-state index contributed by atoms with van der Waals surface area (Å²) in [5.41, 5.74) is 0.785. The molecular formula is C23H35N3O4. The first-order valence-electron chi connectivity index (χ1n) is 10.7. The summed E-state index contributed by atoms with van der Waals surface area (Å²) in [6.07, 6.45) is 3.14. The summed E-state index contributed by atoms with van der Waals surface area (Å²) in [5, 5.41) is 4.84. The highest BCUT2D eigenvalue weighted by molar-refractivity contribution is 5.63. The van der Waals surface area contributed by atoms with Crippen LogP contribution in [0.3, 0.4) is 0 Å². The molecule has 0 bridgehead atoms. The fourth-order valence-electron chi connectivity index (χ4n) is 3.68. The first-order valence-corrected chi connectivity index (χ1v) is 10.7.